The van der Waals surface area contributed by atoms with Gasteiger partial charge in [-0.3, -0.25) is 4.79 Å². The minimum absolute atomic E-state index is 0.0190. The first kappa shape index (κ1) is 14.9. The third-order valence-electron chi connectivity index (χ3n) is 5.37. The monoisotopic (exact) mass is 306 g/mol. The summed E-state index contributed by atoms with van der Waals surface area (Å²) < 4.78 is 0. The molecule has 0 bridgehead atoms. The molecule has 4 heteroatoms. The lowest BCUT2D eigenvalue weighted by Gasteiger charge is -2.29. The lowest BCUT2D eigenvalue weighted by molar-refractivity contribution is -0.134. The molecule has 1 aromatic carbocycles. The Bertz CT molecular complexity index is 539. The number of hydrogen-bond donors (Lipinski definition) is 1. The van der Waals surface area contributed by atoms with Gasteiger partial charge in [0.2, 0.25) is 5.91 Å². The highest BCUT2D eigenvalue weighted by molar-refractivity contribution is 6.31. The van der Waals surface area contributed by atoms with Crippen molar-refractivity contribution in [3.8, 4) is 0 Å². The first-order valence-corrected chi connectivity index (χ1v) is 8.15. The molecule has 1 aromatic rings. The average Bonchev–Trinajstić information content (AvgIpc) is 3.19. The number of carbonyl (C=O) groups excluding carboxylic acids is 1. The molecule has 0 aromatic heterocycles. The van der Waals surface area contributed by atoms with Gasteiger partial charge in [0.15, 0.2) is 0 Å². The number of rotatable bonds is 3. The average molecular weight is 307 g/mol. The molecule has 3 nitrogen and oxygen atoms in total. The van der Waals surface area contributed by atoms with Crippen molar-refractivity contribution in [2.24, 2.45) is 11.3 Å². The van der Waals surface area contributed by atoms with Gasteiger partial charge in [-0.25, -0.2) is 0 Å². The van der Waals surface area contributed by atoms with Gasteiger partial charge < -0.3 is 10.2 Å². The standard InChI is InChI=1S/C17H23ClN2O/c1-12(13-5-3-4-6-15(13)18)20(2)16(21)14-11-17(14)7-9-19-10-8-17/h3-6,12,14,19H,7-11H2,1-2H3/t12-,14-/m0/s1. The van der Waals surface area contributed by atoms with Crippen molar-refractivity contribution in [3.63, 3.8) is 0 Å². The van der Waals surface area contributed by atoms with E-state index in [1.807, 2.05) is 36.2 Å². The Morgan fingerprint density at radius 1 is 1.38 bits per heavy atom. The van der Waals surface area contributed by atoms with Crippen LogP contribution in [0.15, 0.2) is 24.3 Å². The molecule has 1 aliphatic heterocycles. The zero-order valence-corrected chi connectivity index (χ0v) is 13.5. The Morgan fingerprint density at radius 2 is 2.05 bits per heavy atom. The fourth-order valence-electron chi connectivity index (χ4n) is 3.63. The summed E-state index contributed by atoms with van der Waals surface area (Å²) in [6.07, 6.45) is 3.34. The summed E-state index contributed by atoms with van der Waals surface area (Å²) >= 11 is 6.26. The molecule has 1 amide bonds. The van der Waals surface area contributed by atoms with Gasteiger partial charge in [-0.1, -0.05) is 29.8 Å². The van der Waals surface area contributed by atoms with Crippen molar-refractivity contribution >= 4 is 17.5 Å². The highest BCUT2D eigenvalue weighted by Crippen LogP contribution is 2.59. The molecular weight excluding hydrogens is 284 g/mol. The van der Waals surface area contributed by atoms with E-state index in [1.165, 1.54) is 0 Å². The lowest BCUT2D eigenvalue weighted by atomic mass is 9.91. The molecule has 3 rings (SSSR count). The number of carbonyl (C=O) groups is 1. The summed E-state index contributed by atoms with van der Waals surface area (Å²) in [6.45, 7) is 4.15. The van der Waals surface area contributed by atoms with Gasteiger partial charge in [-0.05, 0) is 56.3 Å². The molecule has 1 N–H and O–H groups in total. The van der Waals surface area contributed by atoms with Gasteiger partial charge in [-0.15, -0.1) is 0 Å². The molecule has 0 radical (unpaired) electrons. The van der Waals surface area contributed by atoms with Crippen molar-refractivity contribution in [1.82, 2.24) is 10.2 Å². The topological polar surface area (TPSA) is 32.3 Å². The second-order valence-corrected chi connectivity index (χ2v) is 6.92. The Hall–Kier alpha value is -1.06. The van der Waals surface area contributed by atoms with Crippen LogP contribution in [0.4, 0.5) is 0 Å². The summed E-state index contributed by atoms with van der Waals surface area (Å²) in [4.78, 5) is 14.6. The zero-order valence-electron chi connectivity index (χ0n) is 12.7. The van der Waals surface area contributed by atoms with E-state index in [0.29, 0.717) is 0 Å². The molecular formula is C17H23ClN2O. The lowest BCUT2D eigenvalue weighted by Crippen LogP contribution is -2.35. The van der Waals surface area contributed by atoms with E-state index in [2.05, 4.69) is 12.2 Å². The van der Waals surface area contributed by atoms with Crippen molar-refractivity contribution in [3.05, 3.63) is 34.9 Å². The second kappa shape index (κ2) is 5.62. The SMILES string of the molecule is C[C@@H](c1ccccc1Cl)N(C)C(=O)[C@@H]1CC12CCNCC2. The van der Waals surface area contributed by atoms with E-state index < -0.39 is 0 Å². The summed E-state index contributed by atoms with van der Waals surface area (Å²) in [5.74, 6) is 0.499. The predicted octanol–water partition coefficient (Wildman–Crippen LogP) is 3.25. The molecule has 1 saturated heterocycles. The Morgan fingerprint density at radius 3 is 2.71 bits per heavy atom. The number of nitrogens with one attached hydrogen (secondary N) is 1. The van der Waals surface area contributed by atoms with E-state index >= 15 is 0 Å². The summed E-state index contributed by atoms with van der Waals surface area (Å²) in [6, 6.07) is 7.80. The first-order valence-electron chi connectivity index (χ1n) is 7.77. The third kappa shape index (κ3) is 2.69. The van der Waals surface area contributed by atoms with Gasteiger partial charge in [0.1, 0.15) is 0 Å². The van der Waals surface area contributed by atoms with Crippen LogP contribution in [0.2, 0.25) is 5.02 Å². The van der Waals surface area contributed by atoms with Crippen molar-refractivity contribution in [2.45, 2.75) is 32.2 Å². The molecule has 1 saturated carbocycles. The fraction of sp³-hybridized carbons (Fsp3) is 0.588. The van der Waals surface area contributed by atoms with Crippen LogP contribution in [-0.4, -0.2) is 30.9 Å². The van der Waals surface area contributed by atoms with Crippen LogP contribution in [0, 0.1) is 11.3 Å². The van der Waals surface area contributed by atoms with Crippen molar-refractivity contribution < 1.29 is 4.79 Å². The van der Waals surface area contributed by atoms with Crippen LogP contribution in [0.3, 0.4) is 0 Å². The van der Waals surface area contributed by atoms with Crippen molar-refractivity contribution in [1.29, 1.82) is 0 Å². The minimum Gasteiger partial charge on any atom is -0.339 e. The molecule has 2 aliphatic rings. The van der Waals surface area contributed by atoms with Gasteiger partial charge in [0.05, 0.1) is 6.04 Å². The second-order valence-electron chi connectivity index (χ2n) is 6.52. The molecule has 1 heterocycles. The van der Waals surface area contributed by atoms with Gasteiger partial charge in [0, 0.05) is 18.0 Å². The van der Waals surface area contributed by atoms with Crippen LogP contribution in [0.5, 0.6) is 0 Å². The van der Waals surface area contributed by atoms with Crippen LogP contribution in [0.25, 0.3) is 0 Å². The van der Waals surface area contributed by atoms with Crippen molar-refractivity contribution in [2.75, 3.05) is 20.1 Å². The van der Waals surface area contributed by atoms with Gasteiger partial charge in [-0.2, -0.15) is 0 Å². The van der Waals surface area contributed by atoms with E-state index in [4.69, 9.17) is 11.6 Å². The largest absolute Gasteiger partial charge is 0.339 e. The smallest absolute Gasteiger partial charge is 0.226 e. The summed E-state index contributed by atoms with van der Waals surface area (Å²) in [5.41, 5.74) is 1.31. The predicted molar refractivity (Wildman–Crippen MR) is 85.3 cm³/mol. The number of piperidine rings is 1. The maximum absolute atomic E-state index is 12.8. The maximum atomic E-state index is 12.8. The molecule has 114 valence electrons. The van der Waals surface area contributed by atoms with E-state index in [9.17, 15) is 4.79 Å². The number of benzene rings is 1. The van der Waals surface area contributed by atoms with Crippen LogP contribution in [0.1, 0.15) is 37.8 Å². The molecule has 2 atom stereocenters. The fourth-order valence-corrected chi connectivity index (χ4v) is 3.93. The van der Waals surface area contributed by atoms with Crippen LogP contribution < -0.4 is 5.32 Å². The highest BCUT2D eigenvalue weighted by Gasteiger charge is 2.58. The third-order valence-corrected chi connectivity index (χ3v) is 5.72. The Labute approximate surface area is 131 Å². The maximum Gasteiger partial charge on any atom is 0.226 e. The molecule has 0 unspecified atom stereocenters. The van der Waals surface area contributed by atoms with Crippen LogP contribution >= 0.6 is 11.6 Å². The zero-order chi connectivity index (χ0) is 15.0. The van der Waals surface area contributed by atoms with Crippen LogP contribution in [-0.2, 0) is 4.79 Å². The number of nitrogens with zero attached hydrogens (tertiary/aromatic N) is 1. The number of halogens is 1. The molecule has 1 spiro atoms. The Kier molecular flexibility index (Phi) is 3.98. The summed E-state index contributed by atoms with van der Waals surface area (Å²) in [7, 11) is 1.91. The molecule has 1 aliphatic carbocycles. The normalized spacial score (nSPS) is 24.6. The van der Waals surface area contributed by atoms with E-state index in [0.717, 1.165) is 42.9 Å². The highest BCUT2D eigenvalue weighted by atomic mass is 35.5. The molecule has 2 fully saturated rings. The number of amides is 1. The minimum atomic E-state index is 0.0190. The van der Waals surface area contributed by atoms with E-state index in [-0.39, 0.29) is 23.3 Å². The quantitative estimate of drug-likeness (QED) is 0.929. The van der Waals surface area contributed by atoms with Gasteiger partial charge in [0.25, 0.3) is 0 Å². The van der Waals surface area contributed by atoms with E-state index in [1.54, 1.807) is 0 Å². The van der Waals surface area contributed by atoms with Gasteiger partial charge >= 0.3 is 0 Å². The Balaban J connectivity index is 1.69. The summed E-state index contributed by atoms with van der Waals surface area (Å²) in [5, 5.41) is 4.12. The first-order chi connectivity index (χ1) is 10.1. The number of hydrogen-bond acceptors (Lipinski definition) is 2. The molecule has 21 heavy (non-hydrogen) atoms.